The van der Waals surface area contributed by atoms with E-state index in [1.54, 1.807) is 30.0 Å². The third-order valence-corrected chi connectivity index (χ3v) is 6.40. The van der Waals surface area contributed by atoms with Crippen molar-refractivity contribution >= 4 is 39.2 Å². The molecular formula is C22H20N4O4S. The smallest absolute Gasteiger partial charge is 0.289 e. The van der Waals surface area contributed by atoms with Gasteiger partial charge in [-0.25, -0.2) is 4.98 Å². The zero-order valence-electron chi connectivity index (χ0n) is 16.8. The Kier molecular flexibility index (Phi) is 5.03. The summed E-state index contributed by atoms with van der Waals surface area (Å²) in [6.45, 7) is 2.75. The lowest BCUT2D eigenvalue weighted by molar-refractivity contribution is -0.121. The number of fused-ring (bicyclic) bond motifs is 1. The van der Waals surface area contributed by atoms with Crippen LogP contribution in [0, 0.1) is 12.8 Å². The van der Waals surface area contributed by atoms with Crippen molar-refractivity contribution in [2.45, 2.75) is 19.8 Å². The molecule has 0 unspecified atom stereocenters. The molecule has 9 heteroatoms. The van der Waals surface area contributed by atoms with Crippen LogP contribution in [0.15, 0.2) is 51.4 Å². The highest BCUT2D eigenvalue weighted by Crippen LogP contribution is 2.31. The van der Waals surface area contributed by atoms with Crippen molar-refractivity contribution in [3.05, 3.63) is 54.0 Å². The predicted octanol–water partition coefficient (Wildman–Crippen LogP) is 4.34. The molecule has 1 N–H and O–H groups in total. The van der Waals surface area contributed by atoms with E-state index in [1.165, 1.54) is 11.3 Å². The molecule has 3 aromatic heterocycles. The van der Waals surface area contributed by atoms with Crippen molar-refractivity contribution < 1.29 is 18.5 Å². The fourth-order valence-corrected chi connectivity index (χ4v) is 4.63. The molecule has 4 aromatic rings. The van der Waals surface area contributed by atoms with Crippen molar-refractivity contribution in [2.75, 3.05) is 18.4 Å². The van der Waals surface area contributed by atoms with Crippen LogP contribution in [0.5, 0.6) is 0 Å². The van der Waals surface area contributed by atoms with Crippen molar-refractivity contribution in [1.82, 2.24) is 15.0 Å². The normalized spacial score (nSPS) is 14.8. The maximum absolute atomic E-state index is 12.9. The van der Waals surface area contributed by atoms with Crippen LogP contribution in [0.3, 0.4) is 0 Å². The number of carbonyl (C=O) groups is 2. The first kappa shape index (κ1) is 19.5. The number of likely N-dealkylation sites (tertiary alicyclic amines) is 1. The van der Waals surface area contributed by atoms with Gasteiger partial charge in [-0.1, -0.05) is 17.3 Å². The minimum atomic E-state index is -0.170. The first-order chi connectivity index (χ1) is 15.1. The summed E-state index contributed by atoms with van der Waals surface area (Å²) in [5.41, 5.74) is 0.910. The fourth-order valence-electron chi connectivity index (χ4n) is 3.70. The van der Waals surface area contributed by atoms with E-state index in [2.05, 4.69) is 15.5 Å². The van der Waals surface area contributed by atoms with Gasteiger partial charge in [0.15, 0.2) is 22.3 Å². The van der Waals surface area contributed by atoms with Crippen LogP contribution in [-0.2, 0) is 4.79 Å². The minimum absolute atomic E-state index is 0.100. The Bertz CT molecular complexity index is 1220. The fraction of sp³-hybridized carbons (Fsp3) is 0.273. The SMILES string of the molecule is Cc1cc(NC(=O)C2CCN(C(=O)c3ccc(-c4nc5ccccc5s4)o3)CC2)no1. The van der Waals surface area contributed by atoms with Gasteiger partial charge in [0.2, 0.25) is 5.91 Å². The number of amides is 2. The molecule has 1 fully saturated rings. The van der Waals surface area contributed by atoms with E-state index in [-0.39, 0.29) is 23.5 Å². The first-order valence-corrected chi connectivity index (χ1v) is 10.9. The Labute approximate surface area is 181 Å². The van der Waals surface area contributed by atoms with E-state index >= 15 is 0 Å². The quantitative estimate of drug-likeness (QED) is 0.511. The Balaban J connectivity index is 1.21. The Morgan fingerprint density at radius 1 is 1.16 bits per heavy atom. The number of nitrogens with one attached hydrogen (secondary N) is 1. The van der Waals surface area contributed by atoms with Crippen LogP contribution >= 0.6 is 11.3 Å². The summed E-state index contributed by atoms with van der Waals surface area (Å²) < 4.78 is 11.9. The van der Waals surface area contributed by atoms with Gasteiger partial charge < -0.3 is 19.2 Å². The lowest BCUT2D eigenvalue weighted by Gasteiger charge is -2.30. The molecule has 0 radical (unpaired) electrons. The molecule has 31 heavy (non-hydrogen) atoms. The average Bonchev–Trinajstić information content (AvgIpc) is 3.52. The first-order valence-electron chi connectivity index (χ1n) is 10.1. The summed E-state index contributed by atoms with van der Waals surface area (Å²) in [7, 11) is 0. The number of hydrogen-bond donors (Lipinski definition) is 1. The number of para-hydroxylation sites is 1. The zero-order chi connectivity index (χ0) is 21.4. The molecule has 1 aliphatic heterocycles. The van der Waals surface area contributed by atoms with E-state index < -0.39 is 0 Å². The van der Waals surface area contributed by atoms with Crippen LogP contribution < -0.4 is 5.32 Å². The van der Waals surface area contributed by atoms with Gasteiger partial charge in [-0.15, -0.1) is 11.3 Å². The number of anilines is 1. The Hall–Kier alpha value is -3.46. The predicted molar refractivity (Wildman–Crippen MR) is 116 cm³/mol. The number of aryl methyl sites for hydroxylation is 1. The van der Waals surface area contributed by atoms with Crippen LogP contribution in [0.2, 0.25) is 0 Å². The molecule has 1 saturated heterocycles. The van der Waals surface area contributed by atoms with Crippen molar-refractivity contribution in [3.63, 3.8) is 0 Å². The second-order valence-electron chi connectivity index (χ2n) is 7.53. The molecule has 4 heterocycles. The van der Waals surface area contributed by atoms with Gasteiger partial charge in [-0.2, -0.15) is 0 Å². The largest absolute Gasteiger partial charge is 0.448 e. The maximum atomic E-state index is 12.9. The summed E-state index contributed by atoms with van der Waals surface area (Å²) >= 11 is 1.53. The van der Waals surface area contributed by atoms with Gasteiger partial charge >= 0.3 is 0 Å². The van der Waals surface area contributed by atoms with Gasteiger partial charge in [-0.3, -0.25) is 9.59 Å². The van der Waals surface area contributed by atoms with Crippen LogP contribution in [-0.4, -0.2) is 39.9 Å². The molecule has 1 aromatic carbocycles. The molecule has 2 amide bonds. The van der Waals surface area contributed by atoms with Crippen molar-refractivity contribution in [2.24, 2.45) is 5.92 Å². The number of nitrogens with zero attached hydrogens (tertiary/aromatic N) is 3. The second-order valence-corrected chi connectivity index (χ2v) is 8.56. The molecule has 0 aliphatic carbocycles. The summed E-state index contributed by atoms with van der Waals surface area (Å²) in [5, 5.41) is 7.30. The van der Waals surface area contributed by atoms with Crippen LogP contribution in [0.4, 0.5) is 5.82 Å². The number of thiazole rings is 1. The average molecular weight is 436 g/mol. The van der Waals surface area contributed by atoms with E-state index in [4.69, 9.17) is 8.94 Å². The molecule has 8 nitrogen and oxygen atoms in total. The van der Waals surface area contributed by atoms with Crippen molar-refractivity contribution in [1.29, 1.82) is 0 Å². The monoisotopic (exact) mass is 436 g/mol. The molecule has 0 spiro atoms. The summed E-state index contributed by atoms with van der Waals surface area (Å²) in [6.07, 6.45) is 1.17. The molecule has 158 valence electrons. The molecule has 1 aliphatic rings. The highest BCUT2D eigenvalue weighted by molar-refractivity contribution is 7.21. The number of hydrogen-bond acceptors (Lipinski definition) is 7. The van der Waals surface area contributed by atoms with Crippen LogP contribution in [0.1, 0.15) is 29.2 Å². The van der Waals surface area contributed by atoms with E-state index in [0.717, 1.165) is 15.2 Å². The van der Waals surface area contributed by atoms with Gasteiger partial charge in [0, 0.05) is 25.1 Å². The van der Waals surface area contributed by atoms with Crippen molar-refractivity contribution in [3.8, 4) is 10.8 Å². The number of furan rings is 1. The molecule has 5 rings (SSSR count). The molecular weight excluding hydrogens is 416 g/mol. The number of rotatable bonds is 4. The zero-order valence-corrected chi connectivity index (χ0v) is 17.6. The highest BCUT2D eigenvalue weighted by atomic mass is 32.1. The maximum Gasteiger partial charge on any atom is 0.289 e. The van der Waals surface area contributed by atoms with E-state index in [0.29, 0.717) is 43.3 Å². The number of benzene rings is 1. The van der Waals surface area contributed by atoms with Gasteiger partial charge in [-0.05, 0) is 44.0 Å². The van der Waals surface area contributed by atoms with E-state index in [9.17, 15) is 9.59 Å². The standard InChI is InChI=1S/C22H20N4O4S/c1-13-12-19(25-30-13)24-20(27)14-8-10-26(11-9-14)22(28)17-7-6-16(29-17)21-23-15-4-2-3-5-18(15)31-21/h2-7,12,14H,8-11H2,1H3,(H,24,25,27). The second kappa shape index (κ2) is 7.99. The summed E-state index contributed by atoms with van der Waals surface area (Å²) in [5.74, 6) is 1.49. The Morgan fingerprint density at radius 3 is 2.71 bits per heavy atom. The third-order valence-electron chi connectivity index (χ3n) is 5.35. The van der Waals surface area contributed by atoms with Gasteiger partial charge in [0.1, 0.15) is 5.76 Å². The molecule has 0 atom stereocenters. The van der Waals surface area contributed by atoms with Gasteiger partial charge in [0.05, 0.1) is 10.2 Å². The number of piperidine rings is 1. The Morgan fingerprint density at radius 2 is 1.97 bits per heavy atom. The number of carbonyl (C=O) groups excluding carboxylic acids is 2. The minimum Gasteiger partial charge on any atom is -0.448 e. The summed E-state index contributed by atoms with van der Waals surface area (Å²) in [4.78, 5) is 31.6. The van der Waals surface area contributed by atoms with E-state index in [1.807, 2.05) is 24.3 Å². The molecule has 0 saturated carbocycles. The summed E-state index contributed by atoms with van der Waals surface area (Å²) in [6, 6.07) is 13.0. The lowest BCUT2D eigenvalue weighted by Crippen LogP contribution is -2.41. The third kappa shape index (κ3) is 3.96. The number of aromatic nitrogens is 2. The van der Waals surface area contributed by atoms with Crippen LogP contribution in [0.25, 0.3) is 21.0 Å². The van der Waals surface area contributed by atoms with Gasteiger partial charge in [0.25, 0.3) is 5.91 Å². The molecule has 0 bridgehead atoms. The lowest BCUT2D eigenvalue weighted by atomic mass is 9.95. The highest BCUT2D eigenvalue weighted by Gasteiger charge is 2.29. The topological polar surface area (TPSA) is 101 Å².